The van der Waals surface area contributed by atoms with E-state index < -0.39 is 0 Å². The highest BCUT2D eigenvalue weighted by Gasteiger charge is 1.94. The molecule has 1 nitrogen and oxygen atoms in total. The van der Waals surface area contributed by atoms with Gasteiger partial charge in [-0.2, -0.15) is 0 Å². The van der Waals surface area contributed by atoms with Gasteiger partial charge in [0.1, 0.15) is 0 Å². The molecule has 0 amide bonds. The van der Waals surface area contributed by atoms with Gasteiger partial charge in [0.25, 0.3) is 0 Å². The van der Waals surface area contributed by atoms with Gasteiger partial charge in [-0.1, -0.05) is 18.2 Å². The highest BCUT2D eigenvalue weighted by molar-refractivity contribution is 5.83. The van der Waals surface area contributed by atoms with E-state index in [-0.39, 0.29) is 0 Å². The molecule has 1 heteroatoms. The quantitative estimate of drug-likeness (QED) is 0.559. The summed E-state index contributed by atoms with van der Waals surface area (Å²) < 4.78 is 0. The summed E-state index contributed by atoms with van der Waals surface area (Å²) in [4.78, 5) is 3.00. The number of aromatic nitrogens is 1. The number of hydrogen-bond donors (Lipinski definition) is 1. The van der Waals surface area contributed by atoms with Crippen molar-refractivity contribution in [2.75, 3.05) is 0 Å². The normalized spacial score (nSPS) is 10.5. The molecule has 2 aromatic rings. The standard InChI is InChI=1S/C9H6N/c1-7-6-10-9-5-3-2-4-8(7)9/h2-6,10H. The van der Waals surface area contributed by atoms with E-state index in [9.17, 15) is 0 Å². The van der Waals surface area contributed by atoms with Crippen molar-refractivity contribution >= 4 is 10.9 Å². The van der Waals surface area contributed by atoms with E-state index in [1.165, 1.54) is 0 Å². The van der Waals surface area contributed by atoms with E-state index in [1.54, 1.807) is 6.20 Å². The number of hydrogen-bond acceptors (Lipinski definition) is 0. The summed E-state index contributed by atoms with van der Waals surface area (Å²) in [5, 5.41) is 0.988. The average Bonchev–Trinajstić information content (AvgIpc) is 2.34. The zero-order valence-electron chi connectivity index (χ0n) is 5.39. The Bertz CT molecular complexity index is 346. The minimum Gasteiger partial charge on any atom is -0.361 e. The van der Waals surface area contributed by atoms with Gasteiger partial charge in [-0.3, -0.25) is 0 Å². The lowest BCUT2D eigenvalue weighted by Gasteiger charge is -1.86. The number of H-pyrrole nitrogens is 1. The van der Waals surface area contributed by atoms with Gasteiger partial charge in [0, 0.05) is 24.0 Å². The summed E-state index contributed by atoms with van der Waals surface area (Å²) in [6.07, 6.45) is 1.70. The molecule has 0 atom stereocenters. The second-order valence-electron chi connectivity index (χ2n) is 2.25. The second kappa shape index (κ2) is 1.87. The SMILES string of the molecule is [C]c1c[nH]c2ccccc12. The summed E-state index contributed by atoms with van der Waals surface area (Å²) in [5.41, 5.74) is 1.60. The number of benzene rings is 1. The van der Waals surface area contributed by atoms with Crippen molar-refractivity contribution in [2.45, 2.75) is 0 Å². The molecule has 0 saturated heterocycles. The summed E-state index contributed by atoms with van der Waals surface area (Å²) >= 11 is 0. The molecular weight excluding hydrogens is 122 g/mol. The summed E-state index contributed by atoms with van der Waals surface area (Å²) in [5.74, 6) is 0. The van der Waals surface area contributed by atoms with Crippen molar-refractivity contribution in [3.8, 4) is 0 Å². The third-order valence-corrected chi connectivity index (χ3v) is 1.59. The zero-order valence-corrected chi connectivity index (χ0v) is 5.39. The second-order valence-corrected chi connectivity index (χ2v) is 2.25. The first-order valence-electron chi connectivity index (χ1n) is 3.15. The minimum absolute atomic E-state index is 0.565. The van der Waals surface area contributed by atoms with E-state index in [0.29, 0.717) is 5.56 Å². The van der Waals surface area contributed by atoms with E-state index in [4.69, 9.17) is 6.92 Å². The first-order valence-corrected chi connectivity index (χ1v) is 3.15. The molecule has 2 rings (SSSR count). The van der Waals surface area contributed by atoms with Crippen LogP contribution in [0.1, 0.15) is 5.56 Å². The zero-order chi connectivity index (χ0) is 6.97. The van der Waals surface area contributed by atoms with Crippen molar-refractivity contribution in [1.82, 2.24) is 4.98 Å². The minimum atomic E-state index is 0.565. The van der Waals surface area contributed by atoms with Crippen molar-refractivity contribution in [2.24, 2.45) is 0 Å². The van der Waals surface area contributed by atoms with Crippen molar-refractivity contribution < 1.29 is 0 Å². The van der Waals surface area contributed by atoms with Gasteiger partial charge in [0.15, 0.2) is 0 Å². The molecule has 0 bridgehead atoms. The third-order valence-electron chi connectivity index (χ3n) is 1.59. The van der Waals surface area contributed by atoms with Gasteiger partial charge in [0.2, 0.25) is 0 Å². The lowest BCUT2D eigenvalue weighted by molar-refractivity contribution is 1.46. The van der Waals surface area contributed by atoms with Gasteiger partial charge in [-0.05, 0) is 11.6 Å². The van der Waals surface area contributed by atoms with Gasteiger partial charge in [-0.15, -0.1) is 0 Å². The smallest absolute Gasteiger partial charge is 0.0457 e. The van der Waals surface area contributed by atoms with E-state index in [0.717, 1.165) is 10.9 Å². The molecule has 10 heavy (non-hydrogen) atoms. The van der Waals surface area contributed by atoms with E-state index >= 15 is 0 Å². The maximum atomic E-state index is 7.41. The third kappa shape index (κ3) is 0.637. The maximum Gasteiger partial charge on any atom is 0.0457 e. The van der Waals surface area contributed by atoms with Gasteiger partial charge in [0.05, 0.1) is 0 Å². The molecule has 0 aliphatic carbocycles. The van der Waals surface area contributed by atoms with Crippen LogP contribution < -0.4 is 0 Å². The Morgan fingerprint density at radius 3 is 2.80 bits per heavy atom. The topological polar surface area (TPSA) is 15.8 Å². The van der Waals surface area contributed by atoms with Crippen LogP contribution >= 0.6 is 0 Å². The van der Waals surface area contributed by atoms with Crippen LogP contribution in [0.5, 0.6) is 0 Å². The Labute approximate surface area is 59.7 Å². The molecule has 0 aliphatic heterocycles. The number of nitrogens with one attached hydrogen (secondary N) is 1. The molecule has 1 heterocycles. The van der Waals surface area contributed by atoms with Gasteiger partial charge < -0.3 is 4.98 Å². The molecule has 0 spiro atoms. The first kappa shape index (κ1) is 5.54. The summed E-state index contributed by atoms with van der Waals surface area (Å²) in [6, 6.07) is 7.80. The molecule has 47 valence electrons. The van der Waals surface area contributed by atoms with Crippen LogP contribution in [0.25, 0.3) is 10.9 Å². The van der Waals surface area contributed by atoms with Crippen LogP contribution in [0.2, 0.25) is 0 Å². The van der Waals surface area contributed by atoms with Crippen LogP contribution in [-0.2, 0) is 0 Å². The monoisotopic (exact) mass is 128 g/mol. The fraction of sp³-hybridized carbons (Fsp3) is 0. The molecule has 0 unspecified atom stereocenters. The highest BCUT2D eigenvalue weighted by Crippen LogP contribution is 2.15. The van der Waals surface area contributed by atoms with Crippen molar-refractivity contribution in [1.29, 1.82) is 0 Å². The predicted octanol–water partition coefficient (Wildman–Crippen LogP) is 2.10. The van der Waals surface area contributed by atoms with Crippen molar-refractivity contribution in [3.63, 3.8) is 0 Å². The summed E-state index contributed by atoms with van der Waals surface area (Å²) in [6.45, 7) is 7.41. The Morgan fingerprint density at radius 2 is 2.00 bits per heavy atom. The number of fused-ring (bicyclic) bond motifs is 1. The predicted molar refractivity (Wildman–Crippen MR) is 40.6 cm³/mol. The fourth-order valence-electron chi connectivity index (χ4n) is 1.07. The summed E-state index contributed by atoms with van der Waals surface area (Å²) in [7, 11) is 0. The Kier molecular flexibility index (Phi) is 1.04. The molecule has 1 aromatic carbocycles. The molecule has 1 N–H and O–H groups in total. The van der Waals surface area contributed by atoms with E-state index in [2.05, 4.69) is 4.98 Å². The van der Waals surface area contributed by atoms with E-state index in [1.807, 2.05) is 24.3 Å². The average molecular weight is 128 g/mol. The van der Waals surface area contributed by atoms with Crippen molar-refractivity contribution in [3.05, 3.63) is 42.9 Å². The largest absolute Gasteiger partial charge is 0.361 e. The number of rotatable bonds is 0. The number of aromatic amines is 1. The van der Waals surface area contributed by atoms with Crippen LogP contribution in [0, 0.1) is 6.92 Å². The molecular formula is C9H6N. The molecule has 1 aromatic heterocycles. The van der Waals surface area contributed by atoms with Crippen LogP contribution in [0.3, 0.4) is 0 Å². The molecule has 0 aliphatic rings. The Morgan fingerprint density at radius 1 is 1.20 bits per heavy atom. The number of para-hydroxylation sites is 1. The lowest BCUT2D eigenvalue weighted by atomic mass is 10.2. The first-order chi connectivity index (χ1) is 4.88. The molecule has 3 radical (unpaired) electrons. The van der Waals surface area contributed by atoms with Crippen LogP contribution in [0.15, 0.2) is 30.5 Å². The highest BCUT2D eigenvalue weighted by atomic mass is 14.7. The fourth-order valence-corrected chi connectivity index (χ4v) is 1.07. The molecule has 0 saturated carbocycles. The Balaban J connectivity index is 2.93. The van der Waals surface area contributed by atoms with Crippen LogP contribution in [-0.4, -0.2) is 4.98 Å². The van der Waals surface area contributed by atoms with Gasteiger partial charge in [-0.25, -0.2) is 0 Å². The Hall–Kier alpha value is -1.24. The lowest BCUT2D eigenvalue weighted by Crippen LogP contribution is -1.64. The van der Waals surface area contributed by atoms with Crippen LogP contribution in [0.4, 0.5) is 0 Å². The van der Waals surface area contributed by atoms with Gasteiger partial charge >= 0.3 is 0 Å². The maximum absolute atomic E-state index is 7.41. The molecule has 0 fully saturated rings.